The van der Waals surface area contributed by atoms with E-state index in [-0.39, 0.29) is 5.82 Å². The fraction of sp³-hybridized carbons (Fsp3) is 0.333. The number of hydrogen-bond donors (Lipinski definition) is 1. The van der Waals surface area contributed by atoms with Crippen LogP contribution in [0.2, 0.25) is 0 Å². The molecule has 0 bridgehead atoms. The van der Waals surface area contributed by atoms with Crippen molar-refractivity contribution in [2.45, 2.75) is 13.0 Å². The lowest BCUT2D eigenvalue weighted by Crippen LogP contribution is -1.94. The molecular formula is C6H6N4O2. The van der Waals surface area contributed by atoms with Gasteiger partial charge in [-0.2, -0.15) is 0 Å². The van der Waals surface area contributed by atoms with Gasteiger partial charge in [0.15, 0.2) is 5.56 Å². The third kappa shape index (κ3) is 1.25. The summed E-state index contributed by atoms with van der Waals surface area (Å²) in [7, 11) is 0. The quantitative estimate of drug-likeness (QED) is 0.408. The number of nitrogens with one attached hydrogen (secondary N) is 1. The second kappa shape index (κ2) is 3.00. The Labute approximate surface area is 68.2 Å². The molecule has 0 spiro atoms. The van der Waals surface area contributed by atoms with Gasteiger partial charge in [0.25, 0.3) is 6.04 Å². The highest BCUT2D eigenvalue weighted by molar-refractivity contribution is 5.33. The van der Waals surface area contributed by atoms with Crippen molar-refractivity contribution in [3.63, 3.8) is 0 Å². The summed E-state index contributed by atoms with van der Waals surface area (Å²) >= 11 is 0. The van der Waals surface area contributed by atoms with Gasteiger partial charge < -0.3 is 15.0 Å². The fourth-order valence-corrected chi connectivity index (χ4v) is 0.810. The van der Waals surface area contributed by atoms with Gasteiger partial charge in [-0.3, -0.25) is 0 Å². The van der Waals surface area contributed by atoms with Gasteiger partial charge in [-0.15, -0.1) is 5.10 Å². The van der Waals surface area contributed by atoms with Crippen LogP contribution in [0.25, 0.3) is 4.85 Å². The van der Waals surface area contributed by atoms with Crippen molar-refractivity contribution in [3.8, 4) is 0 Å². The van der Waals surface area contributed by atoms with Gasteiger partial charge in [-0.05, 0) is 4.92 Å². The van der Waals surface area contributed by atoms with E-state index in [1.807, 2.05) is 0 Å². The maximum Gasteiger partial charge on any atom is 0.353 e. The third-order valence-corrected chi connectivity index (χ3v) is 1.47. The largest absolute Gasteiger partial charge is 0.358 e. The van der Waals surface area contributed by atoms with Crippen LogP contribution in [0.1, 0.15) is 18.5 Å². The molecule has 0 saturated carbocycles. The van der Waals surface area contributed by atoms with E-state index in [1.165, 1.54) is 6.20 Å². The molecule has 62 valence electrons. The molecule has 1 aromatic heterocycles. The first kappa shape index (κ1) is 8.20. The smallest absolute Gasteiger partial charge is 0.353 e. The normalized spacial score (nSPS) is 12.0. The average molecular weight is 166 g/mol. The molecular weight excluding hydrogens is 160 g/mol. The number of aromatic nitrogens is 2. The minimum Gasteiger partial charge on any atom is -0.358 e. The van der Waals surface area contributed by atoms with Crippen LogP contribution < -0.4 is 0 Å². The predicted molar refractivity (Wildman–Crippen MR) is 40.3 cm³/mol. The molecule has 6 heteroatoms. The molecule has 12 heavy (non-hydrogen) atoms. The predicted octanol–water partition coefficient (Wildman–Crippen LogP) is 1.30. The van der Waals surface area contributed by atoms with Gasteiger partial charge in [-0.1, -0.05) is 5.10 Å². The second-order valence-corrected chi connectivity index (χ2v) is 2.24. The highest BCUT2D eigenvalue weighted by Gasteiger charge is 2.23. The van der Waals surface area contributed by atoms with Crippen molar-refractivity contribution in [2.75, 3.05) is 0 Å². The Morgan fingerprint density at radius 2 is 2.58 bits per heavy atom. The number of nitro groups is 1. The van der Waals surface area contributed by atoms with Crippen molar-refractivity contribution in [1.29, 1.82) is 0 Å². The van der Waals surface area contributed by atoms with Gasteiger partial charge in [-0.25, -0.2) is 6.57 Å². The number of H-pyrrole nitrogens is 1. The van der Waals surface area contributed by atoms with Crippen molar-refractivity contribution in [3.05, 3.63) is 33.3 Å². The number of hydrogen-bond acceptors (Lipinski definition) is 3. The molecule has 0 aromatic carbocycles. The topological polar surface area (TPSA) is 76.2 Å². The lowest BCUT2D eigenvalue weighted by molar-refractivity contribution is -0.390. The zero-order chi connectivity index (χ0) is 9.14. The summed E-state index contributed by atoms with van der Waals surface area (Å²) in [6.45, 7) is 8.27. The van der Waals surface area contributed by atoms with E-state index in [4.69, 9.17) is 6.57 Å². The molecule has 0 aliphatic rings. The standard InChI is InChI=1S/C6H6N4O2/c1-4(7-2)5-3-8-9-6(5)10(11)12/h3-4H,1H3,(H,8,9). The Hall–Kier alpha value is -1.90. The van der Waals surface area contributed by atoms with Crippen molar-refractivity contribution in [1.82, 2.24) is 10.2 Å². The summed E-state index contributed by atoms with van der Waals surface area (Å²) in [6.07, 6.45) is 1.31. The van der Waals surface area contributed by atoms with Gasteiger partial charge in [0.1, 0.15) is 0 Å². The van der Waals surface area contributed by atoms with Crippen LogP contribution in [-0.2, 0) is 0 Å². The fourth-order valence-electron chi connectivity index (χ4n) is 0.810. The maximum absolute atomic E-state index is 10.3. The third-order valence-electron chi connectivity index (χ3n) is 1.47. The summed E-state index contributed by atoms with van der Waals surface area (Å²) in [6, 6.07) is -0.524. The van der Waals surface area contributed by atoms with Crippen LogP contribution in [-0.4, -0.2) is 15.1 Å². The molecule has 1 rings (SSSR count). The summed E-state index contributed by atoms with van der Waals surface area (Å²) in [5, 5.41) is 16.1. The first-order chi connectivity index (χ1) is 5.66. The summed E-state index contributed by atoms with van der Waals surface area (Å²) in [5.41, 5.74) is 0.329. The maximum atomic E-state index is 10.3. The van der Waals surface area contributed by atoms with E-state index < -0.39 is 11.0 Å². The van der Waals surface area contributed by atoms with Gasteiger partial charge in [0.2, 0.25) is 0 Å². The molecule has 1 N–H and O–H groups in total. The van der Waals surface area contributed by atoms with Crippen molar-refractivity contribution >= 4 is 5.82 Å². The van der Waals surface area contributed by atoms with E-state index >= 15 is 0 Å². The Morgan fingerprint density at radius 1 is 1.92 bits per heavy atom. The molecule has 0 amide bonds. The Morgan fingerprint density at radius 3 is 3.08 bits per heavy atom. The molecule has 1 aromatic rings. The molecule has 0 aliphatic carbocycles. The molecule has 1 unspecified atom stereocenters. The Bertz CT molecular complexity index is 338. The Balaban J connectivity index is 3.09. The summed E-state index contributed by atoms with van der Waals surface area (Å²) in [5.74, 6) is -0.196. The van der Waals surface area contributed by atoms with Crippen LogP contribution in [0.4, 0.5) is 5.82 Å². The van der Waals surface area contributed by atoms with Crippen molar-refractivity contribution in [2.24, 2.45) is 0 Å². The van der Waals surface area contributed by atoms with Gasteiger partial charge >= 0.3 is 5.82 Å². The molecule has 1 atom stereocenters. The highest BCUT2D eigenvalue weighted by Crippen LogP contribution is 2.23. The average Bonchev–Trinajstić information content (AvgIpc) is 2.50. The summed E-state index contributed by atoms with van der Waals surface area (Å²) < 4.78 is 0. The van der Waals surface area contributed by atoms with Gasteiger partial charge in [0.05, 0.1) is 6.20 Å². The first-order valence-electron chi connectivity index (χ1n) is 3.21. The molecule has 0 aliphatic heterocycles. The van der Waals surface area contributed by atoms with E-state index in [2.05, 4.69) is 15.0 Å². The van der Waals surface area contributed by atoms with Gasteiger partial charge in [0, 0.05) is 6.92 Å². The lowest BCUT2D eigenvalue weighted by Gasteiger charge is -1.94. The molecule has 0 radical (unpaired) electrons. The number of nitrogens with zero attached hydrogens (tertiary/aromatic N) is 3. The highest BCUT2D eigenvalue weighted by atomic mass is 16.6. The second-order valence-electron chi connectivity index (χ2n) is 2.24. The van der Waals surface area contributed by atoms with Crippen LogP contribution in [0.15, 0.2) is 6.20 Å². The minimum atomic E-state index is -0.579. The van der Waals surface area contributed by atoms with Crippen LogP contribution in [0, 0.1) is 16.7 Å². The van der Waals surface area contributed by atoms with Crippen LogP contribution in [0.5, 0.6) is 0 Å². The zero-order valence-corrected chi connectivity index (χ0v) is 6.31. The number of rotatable bonds is 2. The van der Waals surface area contributed by atoms with Crippen LogP contribution >= 0.6 is 0 Å². The number of aromatic amines is 1. The molecule has 1 heterocycles. The van der Waals surface area contributed by atoms with Crippen molar-refractivity contribution < 1.29 is 4.92 Å². The molecule has 0 saturated heterocycles. The first-order valence-corrected chi connectivity index (χ1v) is 3.21. The summed E-state index contributed by atoms with van der Waals surface area (Å²) in [4.78, 5) is 12.9. The minimum absolute atomic E-state index is 0.196. The molecule has 0 fully saturated rings. The van der Waals surface area contributed by atoms with E-state index in [0.29, 0.717) is 5.56 Å². The van der Waals surface area contributed by atoms with E-state index in [0.717, 1.165) is 0 Å². The molecule has 6 nitrogen and oxygen atoms in total. The monoisotopic (exact) mass is 166 g/mol. The Kier molecular flexibility index (Phi) is 2.05. The zero-order valence-electron chi connectivity index (χ0n) is 6.31. The van der Waals surface area contributed by atoms with E-state index in [9.17, 15) is 10.1 Å². The lowest BCUT2D eigenvalue weighted by atomic mass is 10.2. The SMILES string of the molecule is [C-]#[N+]C(C)c1cn[nH]c1[N+](=O)[O-]. The van der Waals surface area contributed by atoms with E-state index in [1.54, 1.807) is 6.92 Å². The van der Waals surface area contributed by atoms with Crippen LogP contribution in [0.3, 0.4) is 0 Å².